The lowest BCUT2D eigenvalue weighted by Gasteiger charge is -2.46. The van der Waals surface area contributed by atoms with Crippen LogP contribution in [0, 0.1) is 11.8 Å². The molecule has 39 heavy (non-hydrogen) atoms. The van der Waals surface area contributed by atoms with E-state index in [1.54, 1.807) is 0 Å². The first kappa shape index (κ1) is 31.7. The number of aliphatic hydroxyl groups is 1. The van der Waals surface area contributed by atoms with Gasteiger partial charge >= 0.3 is 23.9 Å². The molecule has 5 rings (SSSR count). The van der Waals surface area contributed by atoms with Gasteiger partial charge in [-0.2, -0.15) is 0 Å². The molecular formula is C28H37NO10. The number of piperidine rings is 3. The second-order valence-corrected chi connectivity index (χ2v) is 9.78. The van der Waals surface area contributed by atoms with E-state index in [0.717, 1.165) is 24.9 Å². The second kappa shape index (κ2) is 15.8. The summed E-state index contributed by atoms with van der Waals surface area (Å²) in [7, 11) is 0. The molecule has 1 aliphatic carbocycles. The van der Waals surface area contributed by atoms with Crippen LogP contribution in [0.1, 0.15) is 44.1 Å². The predicted octanol–water partition coefficient (Wildman–Crippen LogP) is 2.60. The van der Waals surface area contributed by atoms with Crippen molar-refractivity contribution in [3.63, 3.8) is 0 Å². The van der Waals surface area contributed by atoms with Crippen molar-refractivity contribution in [3.8, 4) is 0 Å². The number of carboxylic acids is 4. The van der Waals surface area contributed by atoms with Crippen LogP contribution in [-0.2, 0) is 29.5 Å². The zero-order chi connectivity index (χ0) is 28.8. The van der Waals surface area contributed by atoms with E-state index < -0.39 is 29.5 Å². The van der Waals surface area contributed by atoms with Crippen LogP contribution < -0.4 is 0 Å². The fourth-order valence-electron chi connectivity index (χ4n) is 5.19. The monoisotopic (exact) mass is 547 g/mol. The van der Waals surface area contributed by atoms with Crippen molar-refractivity contribution >= 4 is 23.9 Å². The van der Waals surface area contributed by atoms with Crippen LogP contribution in [0.25, 0.3) is 0 Å². The normalized spacial score (nSPS) is 23.8. The van der Waals surface area contributed by atoms with Crippen LogP contribution in [0.5, 0.6) is 0 Å². The van der Waals surface area contributed by atoms with E-state index in [1.807, 2.05) is 18.2 Å². The largest absolute Gasteiger partial charge is 0.478 e. The van der Waals surface area contributed by atoms with Crippen molar-refractivity contribution in [2.75, 3.05) is 26.2 Å². The fraction of sp³-hybridized carbons (Fsp3) is 0.500. The summed E-state index contributed by atoms with van der Waals surface area (Å²) in [6.45, 7) is 3.98. The Morgan fingerprint density at radius 3 is 1.64 bits per heavy atom. The second-order valence-electron chi connectivity index (χ2n) is 9.78. The highest BCUT2D eigenvalue weighted by Crippen LogP contribution is 2.41. The molecule has 0 radical (unpaired) electrons. The molecule has 4 fully saturated rings. The van der Waals surface area contributed by atoms with E-state index >= 15 is 0 Å². The number of hydrogen-bond donors (Lipinski definition) is 5. The molecule has 1 unspecified atom stereocenters. The molecule has 2 bridgehead atoms. The molecule has 1 aromatic carbocycles. The Morgan fingerprint density at radius 1 is 0.795 bits per heavy atom. The van der Waals surface area contributed by atoms with Crippen LogP contribution in [-0.4, -0.2) is 86.7 Å². The molecule has 11 nitrogen and oxygen atoms in total. The highest BCUT2D eigenvalue weighted by molar-refractivity contribution is 5.90. The van der Waals surface area contributed by atoms with Gasteiger partial charge in [-0.3, -0.25) is 0 Å². The Balaban J connectivity index is 0.000000277. The maximum absolute atomic E-state index is 11.5. The van der Waals surface area contributed by atoms with Crippen LogP contribution in [0.4, 0.5) is 0 Å². The van der Waals surface area contributed by atoms with Crippen molar-refractivity contribution in [2.24, 2.45) is 11.8 Å². The zero-order valence-electron chi connectivity index (χ0n) is 21.7. The van der Waals surface area contributed by atoms with Crippen molar-refractivity contribution in [2.45, 2.75) is 50.2 Å². The highest BCUT2D eigenvalue weighted by atomic mass is 16.5. The fourth-order valence-corrected chi connectivity index (χ4v) is 5.19. The lowest BCUT2D eigenvalue weighted by molar-refractivity contribution is -0.143. The van der Waals surface area contributed by atoms with Gasteiger partial charge < -0.3 is 35.2 Å². The van der Waals surface area contributed by atoms with Gasteiger partial charge in [-0.15, -0.1) is 0 Å². The Labute approximate surface area is 227 Å². The zero-order valence-corrected chi connectivity index (χ0v) is 21.7. The van der Waals surface area contributed by atoms with Gasteiger partial charge in [0, 0.05) is 30.8 Å². The molecule has 3 heterocycles. The molecule has 1 aromatic rings. The number of aliphatic carboxylic acids is 4. The van der Waals surface area contributed by atoms with E-state index in [2.05, 4.69) is 17.0 Å². The van der Waals surface area contributed by atoms with Crippen molar-refractivity contribution in [1.82, 2.24) is 4.90 Å². The first-order valence-electron chi connectivity index (χ1n) is 12.9. The van der Waals surface area contributed by atoms with E-state index in [1.165, 1.54) is 38.8 Å². The van der Waals surface area contributed by atoms with Gasteiger partial charge in [0.2, 0.25) is 0 Å². The number of ether oxygens (including phenoxy) is 1. The Kier molecular flexibility index (Phi) is 12.8. The summed E-state index contributed by atoms with van der Waals surface area (Å²) in [6, 6.07) is 10.2. The van der Waals surface area contributed by atoms with E-state index in [-0.39, 0.29) is 0 Å². The number of fused-ring (bicyclic) bond motifs is 3. The SMILES string of the molecule is O=C(O)/C=C/C(=O)O.O=C(O)/C=C/C(=O)O.O[C@@](COC1CN2CCC1CC2)(c1ccccc1)C1CCCC1. The third-order valence-electron chi connectivity index (χ3n) is 7.15. The topological polar surface area (TPSA) is 182 Å². The molecule has 11 heteroatoms. The first-order valence-corrected chi connectivity index (χ1v) is 12.9. The maximum Gasteiger partial charge on any atom is 0.328 e. The van der Waals surface area contributed by atoms with Gasteiger partial charge in [0.1, 0.15) is 5.60 Å². The summed E-state index contributed by atoms with van der Waals surface area (Å²) in [5.41, 5.74) is 0.220. The van der Waals surface area contributed by atoms with Crippen molar-refractivity contribution < 1.29 is 49.4 Å². The first-order chi connectivity index (χ1) is 18.5. The minimum absolute atomic E-state index is 0.314. The molecule has 3 aliphatic heterocycles. The molecule has 2 atom stereocenters. The molecular weight excluding hydrogens is 510 g/mol. The lowest BCUT2D eigenvalue weighted by atomic mass is 9.80. The summed E-state index contributed by atoms with van der Waals surface area (Å²) < 4.78 is 6.36. The molecule has 0 aromatic heterocycles. The lowest BCUT2D eigenvalue weighted by Crippen LogP contribution is -2.53. The predicted molar refractivity (Wildman–Crippen MR) is 140 cm³/mol. The highest BCUT2D eigenvalue weighted by Gasteiger charge is 2.42. The van der Waals surface area contributed by atoms with Crippen LogP contribution in [0.2, 0.25) is 0 Å². The van der Waals surface area contributed by atoms with E-state index in [0.29, 0.717) is 48.9 Å². The number of carbonyl (C=O) groups is 4. The molecule has 4 aliphatic rings. The quantitative estimate of drug-likeness (QED) is 0.287. The summed E-state index contributed by atoms with van der Waals surface area (Å²) in [5, 5.41) is 42.8. The van der Waals surface area contributed by atoms with E-state index in [4.69, 9.17) is 25.2 Å². The number of benzene rings is 1. The average molecular weight is 548 g/mol. The Hall–Kier alpha value is -3.54. The van der Waals surface area contributed by atoms with Gasteiger partial charge in [0.25, 0.3) is 0 Å². The summed E-state index contributed by atoms with van der Waals surface area (Å²) in [6.07, 6.45) is 9.78. The van der Waals surface area contributed by atoms with Gasteiger partial charge in [-0.05, 0) is 56.2 Å². The van der Waals surface area contributed by atoms with Crippen LogP contribution in [0.15, 0.2) is 54.6 Å². The molecule has 0 spiro atoms. The molecule has 5 N–H and O–H groups in total. The van der Waals surface area contributed by atoms with Gasteiger partial charge in [0.05, 0.1) is 12.7 Å². The summed E-state index contributed by atoms with van der Waals surface area (Å²) in [4.78, 5) is 40.7. The standard InChI is InChI=1S/C20H29NO2.2C4H4O4/c22-20(18-8-4-5-9-18,17-6-2-1-3-7-17)15-23-19-14-21-12-10-16(19)11-13-21;2*5-3(6)1-2-4(7)8/h1-3,6-7,16,18-19,22H,4-5,8-15H2;2*1-2H,(H,5,6)(H,7,8)/b;2*2-1+/t19?,20-;;/m0../s1. The molecule has 214 valence electrons. The number of carboxylic acid groups (broad SMARTS) is 4. The molecule has 0 amide bonds. The Morgan fingerprint density at radius 2 is 1.26 bits per heavy atom. The number of rotatable bonds is 9. The average Bonchev–Trinajstić information content (AvgIpc) is 3.47. The van der Waals surface area contributed by atoms with Crippen molar-refractivity contribution in [3.05, 3.63) is 60.2 Å². The third-order valence-corrected chi connectivity index (χ3v) is 7.15. The minimum Gasteiger partial charge on any atom is -0.478 e. The Bertz CT molecular complexity index is 944. The minimum atomic E-state index is -1.26. The van der Waals surface area contributed by atoms with Gasteiger partial charge in [0.15, 0.2) is 0 Å². The summed E-state index contributed by atoms with van der Waals surface area (Å²) >= 11 is 0. The molecule has 3 saturated heterocycles. The number of hydrogen-bond acceptors (Lipinski definition) is 7. The van der Waals surface area contributed by atoms with E-state index in [9.17, 15) is 24.3 Å². The van der Waals surface area contributed by atoms with Gasteiger partial charge in [-0.1, -0.05) is 43.2 Å². The number of nitrogens with zero attached hydrogens (tertiary/aromatic N) is 1. The van der Waals surface area contributed by atoms with Crippen molar-refractivity contribution in [1.29, 1.82) is 0 Å². The molecule has 1 saturated carbocycles. The maximum atomic E-state index is 11.5. The van der Waals surface area contributed by atoms with Crippen LogP contribution in [0.3, 0.4) is 0 Å². The smallest absolute Gasteiger partial charge is 0.328 e. The van der Waals surface area contributed by atoms with Crippen LogP contribution >= 0.6 is 0 Å². The third kappa shape index (κ3) is 11.0. The van der Waals surface area contributed by atoms with Gasteiger partial charge in [-0.25, -0.2) is 19.2 Å². The summed E-state index contributed by atoms with van der Waals surface area (Å²) in [5.74, 6) is -3.99.